The molecular weight excluding hydrogens is 235 g/mol. The Morgan fingerprint density at radius 3 is 2.44 bits per heavy atom. The molecule has 0 aromatic heterocycles. The number of aromatic hydroxyl groups is 1. The summed E-state index contributed by atoms with van der Waals surface area (Å²) in [6, 6.07) is 8.71. The maximum atomic E-state index is 13.7. The van der Waals surface area contributed by atoms with Gasteiger partial charge in [0.15, 0.2) is 0 Å². The second-order valence-corrected chi connectivity index (χ2v) is 4.02. The SMILES string of the molecule is Cc1ccc(-c2ccc(C(=O)O)c(O)c2)c(F)c1. The molecule has 0 saturated carbocycles. The maximum Gasteiger partial charge on any atom is 0.339 e. The second kappa shape index (κ2) is 4.49. The van der Waals surface area contributed by atoms with Gasteiger partial charge in [-0.1, -0.05) is 18.2 Å². The van der Waals surface area contributed by atoms with E-state index in [1.54, 1.807) is 19.1 Å². The van der Waals surface area contributed by atoms with Gasteiger partial charge in [-0.2, -0.15) is 0 Å². The zero-order valence-electron chi connectivity index (χ0n) is 9.64. The summed E-state index contributed by atoms with van der Waals surface area (Å²) in [6.07, 6.45) is 0. The zero-order valence-corrected chi connectivity index (χ0v) is 9.64. The van der Waals surface area contributed by atoms with E-state index in [2.05, 4.69) is 0 Å². The Morgan fingerprint density at radius 1 is 1.17 bits per heavy atom. The normalized spacial score (nSPS) is 10.3. The molecule has 0 spiro atoms. The minimum Gasteiger partial charge on any atom is -0.507 e. The average molecular weight is 246 g/mol. The molecule has 0 heterocycles. The molecule has 0 aliphatic rings. The van der Waals surface area contributed by atoms with Gasteiger partial charge in [-0.15, -0.1) is 0 Å². The predicted octanol–water partition coefficient (Wildman–Crippen LogP) is 3.20. The van der Waals surface area contributed by atoms with Crippen molar-refractivity contribution in [2.24, 2.45) is 0 Å². The van der Waals surface area contributed by atoms with E-state index in [0.29, 0.717) is 11.1 Å². The summed E-state index contributed by atoms with van der Waals surface area (Å²) in [6.45, 7) is 1.78. The van der Waals surface area contributed by atoms with Gasteiger partial charge in [0, 0.05) is 5.56 Å². The van der Waals surface area contributed by atoms with Crippen LogP contribution in [0.2, 0.25) is 0 Å². The number of aromatic carboxylic acids is 1. The van der Waals surface area contributed by atoms with E-state index >= 15 is 0 Å². The van der Waals surface area contributed by atoms with Crippen LogP contribution in [-0.2, 0) is 0 Å². The van der Waals surface area contributed by atoms with Gasteiger partial charge < -0.3 is 10.2 Å². The molecule has 0 unspecified atom stereocenters. The summed E-state index contributed by atoms with van der Waals surface area (Å²) >= 11 is 0. The summed E-state index contributed by atoms with van der Waals surface area (Å²) in [5.74, 6) is -2.00. The predicted molar refractivity (Wildman–Crippen MR) is 65.2 cm³/mol. The number of hydrogen-bond acceptors (Lipinski definition) is 2. The largest absolute Gasteiger partial charge is 0.507 e. The van der Waals surface area contributed by atoms with Crippen LogP contribution in [0.15, 0.2) is 36.4 Å². The molecule has 92 valence electrons. The molecule has 0 radical (unpaired) electrons. The van der Waals surface area contributed by atoms with Crippen LogP contribution in [0.4, 0.5) is 4.39 Å². The van der Waals surface area contributed by atoms with Crippen molar-refractivity contribution in [3.05, 3.63) is 53.3 Å². The minimum atomic E-state index is -1.22. The first kappa shape index (κ1) is 12.1. The number of carbonyl (C=O) groups is 1. The van der Waals surface area contributed by atoms with Crippen molar-refractivity contribution in [3.63, 3.8) is 0 Å². The summed E-state index contributed by atoms with van der Waals surface area (Å²) < 4.78 is 13.7. The van der Waals surface area contributed by atoms with Gasteiger partial charge >= 0.3 is 5.97 Å². The van der Waals surface area contributed by atoms with Crippen LogP contribution < -0.4 is 0 Å². The molecule has 0 amide bonds. The van der Waals surface area contributed by atoms with Crippen molar-refractivity contribution < 1.29 is 19.4 Å². The van der Waals surface area contributed by atoms with Crippen molar-refractivity contribution in [3.8, 4) is 16.9 Å². The number of carboxylic acid groups (broad SMARTS) is 1. The lowest BCUT2D eigenvalue weighted by Gasteiger charge is -2.06. The smallest absolute Gasteiger partial charge is 0.339 e. The molecule has 0 atom stereocenters. The molecule has 2 rings (SSSR count). The Morgan fingerprint density at radius 2 is 1.89 bits per heavy atom. The van der Waals surface area contributed by atoms with Gasteiger partial charge in [-0.3, -0.25) is 0 Å². The molecule has 2 N–H and O–H groups in total. The quantitative estimate of drug-likeness (QED) is 0.855. The van der Waals surface area contributed by atoms with Crippen LogP contribution in [-0.4, -0.2) is 16.2 Å². The number of carboxylic acids is 1. The van der Waals surface area contributed by atoms with E-state index in [0.717, 1.165) is 5.56 Å². The molecule has 4 heteroatoms. The lowest BCUT2D eigenvalue weighted by Crippen LogP contribution is -1.96. The first-order valence-corrected chi connectivity index (χ1v) is 5.32. The fourth-order valence-electron chi connectivity index (χ4n) is 1.73. The number of rotatable bonds is 2. The number of aryl methyl sites for hydroxylation is 1. The second-order valence-electron chi connectivity index (χ2n) is 4.02. The van der Waals surface area contributed by atoms with E-state index in [1.165, 1.54) is 24.3 Å². The van der Waals surface area contributed by atoms with Crippen molar-refractivity contribution in [1.29, 1.82) is 0 Å². The van der Waals surface area contributed by atoms with Gasteiger partial charge in [-0.05, 0) is 36.2 Å². The highest BCUT2D eigenvalue weighted by atomic mass is 19.1. The molecule has 0 fully saturated rings. The standard InChI is InChI=1S/C14H11FO3/c1-8-2-4-10(12(15)6-8)9-3-5-11(14(17)18)13(16)7-9/h2-7,16H,1H3,(H,17,18). The first-order valence-electron chi connectivity index (χ1n) is 5.32. The Kier molecular flexibility index (Phi) is 3.02. The third kappa shape index (κ3) is 2.18. The fourth-order valence-corrected chi connectivity index (χ4v) is 1.73. The zero-order chi connectivity index (χ0) is 13.3. The molecule has 3 nitrogen and oxygen atoms in total. The molecule has 2 aromatic rings. The summed E-state index contributed by atoms with van der Waals surface area (Å²) in [7, 11) is 0. The van der Waals surface area contributed by atoms with Gasteiger partial charge in [0.25, 0.3) is 0 Å². The van der Waals surface area contributed by atoms with Crippen molar-refractivity contribution >= 4 is 5.97 Å². The number of halogens is 1. The van der Waals surface area contributed by atoms with Crippen LogP contribution in [0, 0.1) is 12.7 Å². The Bertz CT molecular complexity index is 620. The van der Waals surface area contributed by atoms with Crippen molar-refractivity contribution in [1.82, 2.24) is 0 Å². The molecule has 2 aromatic carbocycles. The van der Waals surface area contributed by atoms with Gasteiger partial charge in [0.1, 0.15) is 17.1 Å². The lowest BCUT2D eigenvalue weighted by molar-refractivity contribution is 0.0694. The van der Waals surface area contributed by atoms with Crippen LogP contribution in [0.5, 0.6) is 5.75 Å². The molecule has 0 bridgehead atoms. The highest BCUT2D eigenvalue weighted by Gasteiger charge is 2.12. The summed E-state index contributed by atoms with van der Waals surface area (Å²) in [4.78, 5) is 10.7. The Hall–Kier alpha value is -2.36. The Balaban J connectivity index is 2.52. The molecule has 0 aliphatic heterocycles. The summed E-state index contributed by atoms with van der Waals surface area (Å²) in [5, 5.41) is 18.3. The van der Waals surface area contributed by atoms with Crippen molar-refractivity contribution in [2.45, 2.75) is 6.92 Å². The highest BCUT2D eigenvalue weighted by Crippen LogP contribution is 2.28. The molecular formula is C14H11FO3. The van der Waals surface area contributed by atoms with Gasteiger partial charge in [-0.25, -0.2) is 9.18 Å². The number of phenols is 1. The van der Waals surface area contributed by atoms with E-state index < -0.39 is 11.8 Å². The summed E-state index contributed by atoms with van der Waals surface area (Å²) in [5.41, 5.74) is 1.36. The monoisotopic (exact) mass is 246 g/mol. The molecule has 18 heavy (non-hydrogen) atoms. The van der Waals surface area contributed by atoms with E-state index in [4.69, 9.17) is 5.11 Å². The van der Waals surface area contributed by atoms with Crippen LogP contribution in [0.25, 0.3) is 11.1 Å². The first-order chi connectivity index (χ1) is 8.49. The van der Waals surface area contributed by atoms with Crippen LogP contribution in [0.1, 0.15) is 15.9 Å². The van der Waals surface area contributed by atoms with E-state index in [1.807, 2.05) is 0 Å². The Labute approximate surface area is 103 Å². The third-order valence-electron chi connectivity index (χ3n) is 2.66. The number of hydrogen-bond donors (Lipinski definition) is 2. The van der Waals surface area contributed by atoms with Crippen LogP contribution in [0.3, 0.4) is 0 Å². The van der Waals surface area contributed by atoms with Gasteiger partial charge in [0.2, 0.25) is 0 Å². The topological polar surface area (TPSA) is 57.5 Å². The number of benzene rings is 2. The van der Waals surface area contributed by atoms with Crippen LogP contribution >= 0.6 is 0 Å². The highest BCUT2D eigenvalue weighted by molar-refractivity contribution is 5.91. The lowest BCUT2D eigenvalue weighted by atomic mass is 10.0. The fraction of sp³-hybridized carbons (Fsp3) is 0.0714. The maximum absolute atomic E-state index is 13.7. The molecule has 0 aliphatic carbocycles. The third-order valence-corrected chi connectivity index (χ3v) is 2.66. The van der Waals surface area contributed by atoms with E-state index in [-0.39, 0.29) is 11.3 Å². The minimum absolute atomic E-state index is 0.203. The van der Waals surface area contributed by atoms with Gasteiger partial charge in [0.05, 0.1) is 0 Å². The average Bonchev–Trinajstić information content (AvgIpc) is 2.28. The van der Waals surface area contributed by atoms with E-state index in [9.17, 15) is 14.3 Å². The van der Waals surface area contributed by atoms with Crippen molar-refractivity contribution in [2.75, 3.05) is 0 Å². The molecule has 0 saturated heterocycles.